The Morgan fingerprint density at radius 2 is 2.06 bits per heavy atom. The van der Waals surface area contributed by atoms with Crippen LogP contribution in [0.4, 0.5) is 0 Å². The standard InChI is InChI=1S/C11H7N5O2/c17-11(18)8-6-12-9-2-4-15-16(9)10(8)7-1-3-13-14-5-7/h1-6H,(H,17,18). The van der Waals surface area contributed by atoms with Crippen LogP contribution in [0.2, 0.25) is 0 Å². The molecule has 7 heteroatoms. The Hall–Kier alpha value is -2.83. The number of carbonyl (C=O) groups is 1. The number of hydrogen-bond acceptors (Lipinski definition) is 5. The van der Waals surface area contributed by atoms with Gasteiger partial charge in [-0.15, -0.1) is 0 Å². The molecule has 18 heavy (non-hydrogen) atoms. The molecule has 0 saturated heterocycles. The van der Waals surface area contributed by atoms with Crippen molar-refractivity contribution < 1.29 is 9.90 Å². The topological polar surface area (TPSA) is 93.3 Å². The minimum Gasteiger partial charge on any atom is -0.478 e. The SMILES string of the molecule is O=C(O)c1cnc2ccnn2c1-c1ccnnc1. The molecule has 0 aromatic carbocycles. The summed E-state index contributed by atoms with van der Waals surface area (Å²) in [6.07, 6.45) is 5.86. The Labute approximate surface area is 101 Å². The molecule has 0 saturated carbocycles. The van der Waals surface area contributed by atoms with Crippen molar-refractivity contribution in [3.05, 3.63) is 42.5 Å². The van der Waals surface area contributed by atoms with Gasteiger partial charge in [-0.05, 0) is 6.07 Å². The van der Waals surface area contributed by atoms with Gasteiger partial charge >= 0.3 is 5.97 Å². The maximum absolute atomic E-state index is 11.2. The molecular formula is C11H7N5O2. The summed E-state index contributed by atoms with van der Waals surface area (Å²) in [5, 5.41) is 20.7. The first-order chi connectivity index (χ1) is 8.77. The van der Waals surface area contributed by atoms with Crippen LogP contribution in [0.25, 0.3) is 16.9 Å². The van der Waals surface area contributed by atoms with Crippen molar-refractivity contribution >= 4 is 11.6 Å². The van der Waals surface area contributed by atoms with Crippen LogP contribution in [-0.2, 0) is 0 Å². The molecule has 0 amide bonds. The Balaban J connectivity index is 2.40. The molecule has 3 aromatic rings. The third-order valence-corrected chi connectivity index (χ3v) is 2.50. The molecule has 0 bridgehead atoms. The van der Waals surface area contributed by atoms with Crippen molar-refractivity contribution in [2.24, 2.45) is 0 Å². The van der Waals surface area contributed by atoms with E-state index in [0.29, 0.717) is 16.9 Å². The summed E-state index contributed by atoms with van der Waals surface area (Å²) in [4.78, 5) is 15.3. The average Bonchev–Trinajstić information content (AvgIpc) is 2.86. The van der Waals surface area contributed by atoms with E-state index in [4.69, 9.17) is 0 Å². The summed E-state index contributed by atoms with van der Waals surface area (Å²) in [5.74, 6) is -1.06. The quantitative estimate of drug-likeness (QED) is 0.716. The summed E-state index contributed by atoms with van der Waals surface area (Å²) in [6, 6.07) is 3.37. The van der Waals surface area contributed by atoms with E-state index < -0.39 is 5.97 Å². The van der Waals surface area contributed by atoms with Crippen LogP contribution in [0.1, 0.15) is 10.4 Å². The largest absolute Gasteiger partial charge is 0.478 e. The van der Waals surface area contributed by atoms with E-state index >= 15 is 0 Å². The fourth-order valence-corrected chi connectivity index (χ4v) is 1.74. The van der Waals surface area contributed by atoms with E-state index in [9.17, 15) is 9.90 Å². The smallest absolute Gasteiger partial charge is 0.339 e. The number of carboxylic acid groups (broad SMARTS) is 1. The fourth-order valence-electron chi connectivity index (χ4n) is 1.74. The number of carboxylic acids is 1. The molecule has 0 unspecified atom stereocenters. The van der Waals surface area contributed by atoms with Crippen molar-refractivity contribution in [2.75, 3.05) is 0 Å². The molecule has 0 aliphatic carbocycles. The monoisotopic (exact) mass is 241 g/mol. The second kappa shape index (κ2) is 3.88. The summed E-state index contributed by atoms with van der Waals surface area (Å²) >= 11 is 0. The Bertz CT molecular complexity index is 723. The predicted octanol–water partition coefficient (Wildman–Crippen LogP) is 0.884. The number of hydrogen-bond donors (Lipinski definition) is 1. The first-order valence-corrected chi connectivity index (χ1v) is 5.10. The van der Waals surface area contributed by atoms with Crippen LogP contribution in [-0.4, -0.2) is 35.9 Å². The highest BCUT2D eigenvalue weighted by Gasteiger charge is 2.17. The summed E-state index contributed by atoms with van der Waals surface area (Å²) in [6.45, 7) is 0. The minimum atomic E-state index is -1.06. The van der Waals surface area contributed by atoms with Gasteiger partial charge in [-0.2, -0.15) is 15.3 Å². The number of nitrogens with zero attached hydrogens (tertiary/aromatic N) is 5. The predicted molar refractivity (Wildman–Crippen MR) is 61.0 cm³/mol. The molecule has 0 radical (unpaired) electrons. The average molecular weight is 241 g/mol. The van der Waals surface area contributed by atoms with E-state index in [1.807, 2.05) is 0 Å². The minimum absolute atomic E-state index is 0.0687. The Morgan fingerprint density at radius 3 is 2.78 bits per heavy atom. The van der Waals surface area contributed by atoms with Crippen LogP contribution in [0.15, 0.2) is 36.9 Å². The van der Waals surface area contributed by atoms with Gasteiger partial charge < -0.3 is 5.11 Å². The van der Waals surface area contributed by atoms with Crippen LogP contribution >= 0.6 is 0 Å². The van der Waals surface area contributed by atoms with Crippen LogP contribution in [0, 0.1) is 0 Å². The maximum atomic E-state index is 11.2. The van der Waals surface area contributed by atoms with Gasteiger partial charge in [-0.1, -0.05) is 0 Å². The van der Waals surface area contributed by atoms with Gasteiger partial charge in [-0.3, -0.25) is 0 Å². The lowest BCUT2D eigenvalue weighted by molar-refractivity contribution is 0.0696. The molecule has 7 nitrogen and oxygen atoms in total. The molecular weight excluding hydrogens is 234 g/mol. The van der Waals surface area contributed by atoms with Crippen molar-refractivity contribution in [3.8, 4) is 11.3 Å². The molecule has 0 atom stereocenters. The van der Waals surface area contributed by atoms with Gasteiger partial charge in [0.05, 0.1) is 24.3 Å². The lowest BCUT2D eigenvalue weighted by atomic mass is 10.1. The van der Waals surface area contributed by atoms with E-state index in [2.05, 4.69) is 20.3 Å². The summed E-state index contributed by atoms with van der Waals surface area (Å²) in [7, 11) is 0. The van der Waals surface area contributed by atoms with Gasteiger partial charge in [0.2, 0.25) is 0 Å². The highest BCUT2D eigenvalue weighted by atomic mass is 16.4. The van der Waals surface area contributed by atoms with E-state index in [0.717, 1.165) is 0 Å². The molecule has 0 fully saturated rings. The van der Waals surface area contributed by atoms with Crippen LogP contribution < -0.4 is 0 Å². The summed E-state index contributed by atoms with van der Waals surface area (Å²) < 4.78 is 1.47. The van der Waals surface area contributed by atoms with Gasteiger partial charge in [-0.25, -0.2) is 14.3 Å². The van der Waals surface area contributed by atoms with E-state index in [-0.39, 0.29) is 5.56 Å². The zero-order valence-corrected chi connectivity index (χ0v) is 9.06. The molecule has 0 aliphatic rings. The number of aromatic carboxylic acids is 1. The summed E-state index contributed by atoms with van der Waals surface area (Å²) in [5.41, 5.74) is 1.71. The van der Waals surface area contributed by atoms with Gasteiger partial charge in [0.15, 0.2) is 5.65 Å². The van der Waals surface area contributed by atoms with Crippen molar-refractivity contribution in [3.63, 3.8) is 0 Å². The molecule has 0 aliphatic heterocycles. The molecule has 0 spiro atoms. The Kier molecular flexibility index (Phi) is 2.23. The van der Waals surface area contributed by atoms with Gasteiger partial charge in [0, 0.05) is 17.8 Å². The number of aromatic nitrogens is 5. The normalized spacial score (nSPS) is 10.7. The molecule has 88 valence electrons. The number of rotatable bonds is 2. The van der Waals surface area contributed by atoms with Crippen molar-refractivity contribution in [1.29, 1.82) is 0 Å². The Morgan fingerprint density at radius 1 is 1.17 bits per heavy atom. The molecule has 3 aromatic heterocycles. The zero-order valence-electron chi connectivity index (χ0n) is 9.06. The van der Waals surface area contributed by atoms with Crippen molar-refractivity contribution in [2.45, 2.75) is 0 Å². The second-order valence-corrected chi connectivity index (χ2v) is 3.56. The van der Waals surface area contributed by atoms with Crippen LogP contribution in [0.3, 0.4) is 0 Å². The van der Waals surface area contributed by atoms with Gasteiger partial charge in [0.1, 0.15) is 5.56 Å². The van der Waals surface area contributed by atoms with E-state index in [1.54, 1.807) is 18.3 Å². The van der Waals surface area contributed by atoms with Crippen LogP contribution in [0.5, 0.6) is 0 Å². The third-order valence-electron chi connectivity index (χ3n) is 2.50. The fraction of sp³-hybridized carbons (Fsp3) is 0. The van der Waals surface area contributed by atoms with Crippen molar-refractivity contribution in [1.82, 2.24) is 24.8 Å². The molecule has 1 N–H and O–H groups in total. The van der Waals surface area contributed by atoms with E-state index in [1.165, 1.54) is 23.1 Å². The van der Waals surface area contributed by atoms with Gasteiger partial charge in [0.25, 0.3) is 0 Å². The second-order valence-electron chi connectivity index (χ2n) is 3.56. The highest BCUT2D eigenvalue weighted by molar-refractivity contribution is 5.94. The molecule has 3 rings (SSSR count). The zero-order chi connectivity index (χ0) is 12.5. The highest BCUT2D eigenvalue weighted by Crippen LogP contribution is 2.22. The molecule has 3 heterocycles. The number of fused-ring (bicyclic) bond motifs is 1. The lowest BCUT2D eigenvalue weighted by Gasteiger charge is -2.07. The maximum Gasteiger partial charge on any atom is 0.339 e. The first-order valence-electron chi connectivity index (χ1n) is 5.10. The lowest BCUT2D eigenvalue weighted by Crippen LogP contribution is -2.07. The third kappa shape index (κ3) is 1.49. The first kappa shape index (κ1) is 10.3.